The van der Waals surface area contributed by atoms with E-state index in [1.54, 1.807) is 32.2 Å². The summed E-state index contributed by atoms with van der Waals surface area (Å²) in [6.45, 7) is 4.14. The van der Waals surface area contributed by atoms with Gasteiger partial charge in [0.1, 0.15) is 0 Å². The van der Waals surface area contributed by atoms with E-state index in [0.717, 1.165) is 22.3 Å². The normalized spacial score (nSPS) is 11.4. The minimum Gasteiger partial charge on any atom is -0.465 e. The van der Waals surface area contributed by atoms with Crippen LogP contribution >= 0.6 is 0 Å². The Morgan fingerprint density at radius 1 is 1.05 bits per heavy atom. The van der Waals surface area contributed by atoms with Crippen LogP contribution in [-0.4, -0.2) is 41.5 Å². The van der Waals surface area contributed by atoms with Gasteiger partial charge in [0.2, 0.25) is 0 Å². The third-order valence-electron chi connectivity index (χ3n) is 6.61. The molecular formula is C31H28N4O8. The number of nitrogens with zero attached hydrogens (tertiary/aromatic N) is 3. The quantitative estimate of drug-likeness (QED) is 0.0591. The van der Waals surface area contributed by atoms with Gasteiger partial charge in [-0.3, -0.25) is 9.36 Å². The molecule has 5 aromatic rings. The minimum atomic E-state index is -0.859. The molecule has 0 atom stereocenters. The molecule has 12 heteroatoms. The lowest BCUT2D eigenvalue weighted by atomic mass is 9.98. The Kier molecular flexibility index (Phi) is 8.66. The number of aryl methyl sites for hydroxylation is 1. The molecule has 0 saturated carbocycles. The molecular weight excluding hydrogens is 556 g/mol. The van der Waals surface area contributed by atoms with Crippen LogP contribution in [0.3, 0.4) is 0 Å². The van der Waals surface area contributed by atoms with E-state index in [2.05, 4.69) is 20.3 Å². The number of imidazole rings is 1. The SMILES string of the molecule is CCOc1nc2cccc(C(=O)OCc3oc(=O)oc3C)c2n1Cc1ccc(-c2ccccc2/C(=N/OC=O)NC)cc1. The van der Waals surface area contributed by atoms with Crippen molar-refractivity contribution in [3.63, 3.8) is 0 Å². The van der Waals surface area contributed by atoms with Gasteiger partial charge in [0.15, 0.2) is 24.0 Å². The molecule has 0 radical (unpaired) electrons. The van der Waals surface area contributed by atoms with E-state index in [4.69, 9.17) is 18.3 Å². The second-order valence-electron chi connectivity index (χ2n) is 9.23. The number of carbonyl (C=O) groups excluding carboxylic acids is 2. The van der Waals surface area contributed by atoms with Crippen molar-refractivity contribution in [2.45, 2.75) is 27.0 Å². The maximum atomic E-state index is 13.2. The number of hydrogen-bond donors (Lipinski definition) is 1. The van der Waals surface area contributed by atoms with Crippen LogP contribution in [0.5, 0.6) is 6.01 Å². The van der Waals surface area contributed by atoms with Crippen LogP contribution in [0.15, 0.2) is 85.5 Å². The minimum absolute atomic E-state index is 0.139. The Hall–Kier alpha value is -5.65. The van der Waals surface area contributed by atoms with Crippen molar-refractivity contribution < 1.29 is 32.7 Å². The number of esters is 1. The second kappa shape index (κ2) is 12.9. The van der Waals surface area contributed by atoms with Gasteiger partial charge in [0.05, 0.1) is 29.7 Å². The number of nitrogens with one attached hydrogen (secondary N) is 1. The standard InChI is InChI=1S/C31H28N4O8/c1-4-39-30-33-25-11-7-10-24(29(37)40-17-26-19(2)42-31(38)43-26)27(25)35(30)16-20-12-14-21(15-13-20)22-8-5-6-9-23(22)28(32-3)34-41-18-36/h5-15,18H,4,16-17H2,1-3H3,(H,32,34). The summed E-state index contributed by atoms with van der Waals surface area (Å²) >= 11 is 0. The maximum absolute atomic E-state index is 13.2. The molecule has 43 heavy (non-hydrogen) atoms. The lowest BCUT2D eigenvalue weighted by Crippen LogP contribution is -2.20. The molecule has 5 rings (SSSR count). The lowest BCUT2D eigenvalue weighted by molar-refractivity contribution is -0.128. The number of ether oxygens (including phenoxy) is 2. The second-order valence-corrected chi connectivity index (χ2v) is 9.23. The predicted octanol–water partition coefficient (Wildman–Crippen LogP) is 4.42. The van der Waals surface area contributed by atoms with E-state index in [1.807, 2.05) is 60.0 Å². The molecule has 0 spiro atoms. The van der Waals surface area contributed by atoms with Crippen LogP contribution in [0.4, 0.5) is 0 Å². The molecule has 12 nitrogen and oxygen atoms in total. The zero-order chi connectivity index (χ0) is 30.3. The van der Waals surface area contributed by atoms with E-state index in [9.17, 15) is 14.4 Å². The molecule has 0 aliphatic carbocycles. The molecule has 0 aliphatic heterocycles. The average Bonchev–Trinajstić information content (AvgIpc) is 3.54. The topological polar surface area (TPSA) is 147 Å². The lowest BCUT2D eigenvalue weighted by Gasteiger charge is -2.13. The molecule has 0 unspecified atom stereocenters. The van der Waals surface area contributed by atoms with Crippen LogP contribution in [0.25, 0.3) is 22.2 Å². The van der Waals surface area contributed by atoms with Gasteiger partial charge in [0.25, 0.3) is 6.01 Å². The number of benzene rings is 3. The summed E-state index contributed by atoms with van der Waals surface area (Å²) in [5, 5.41) is 6.81. The largest absolute Gasteiger partial charge is 0.519 e. The number of carbonyl (C=O) groups is 2. The fourth-order valence-electron chi connectivity index (χ4n) is 4.65. The van der Waals surface area contributed by atoms with E-state index >= 15 is 0 Å². The van der Waals surface area contributed by atoms with Crippen LogP contribution in [-0.2, 0) is 27.5 Å². The first-order chi connectivity index (χ1) is 20.9. The van der Waals surface area contributed by atoms with Gasteiger partial charge in [-0.1, -0.05) is 59.8 Å². The van der Waals surface area contributed by atoms with Crippen molar-refractivity contribution in [2.75, 3.05) is 13.7 Å². The van der Waals surface area contributed by atoms with E-state index in [1.165, 1.54) is 0 Å². The molecule has 0 aliphatic rings. The third-order valence-corrected chi connectivity index (χ3v) is 6.61. The van der Waals surface area contributed by atoms with Gasteiger partial charge in [-0.2, -0.15) is 4.98 Å². The highest BCUT2D eigenvalue weighted by molar-refractivity contribution is 6.04. The van der Waals surface area contributed by atoms with Gasteiger partial charge in [-0.05, 0) is 42.7 Å². The maximum Gasteiger partial charge on any atom is 0.519 e. The first-order valence-corrected chi connectivity index (χ1v) is 13.4. The smallest absolute Gasteiger partial charge is 0.465 e. The summed E-state index contributed by atoms with van der Waals surface area (Å²) in [4.78, 5) is 44.5. The van der Waals surface area contributed by atoms with Gasteiger partial charge in [0, 0.05) is 12.6 Å². The Morgan fingerprint density at radius 3 is 2.51 bits per heavy atom. The zero-order valence-corrected chi connectivity index (χ0v) is 23.7. The van der Waals surface area contributed by atoms with Crippen LogP contribution in [0, 0.1) is 6.92 Å². The summed E-state index contributed by atoms with van der Waals surface area (Å²) in [6.07, 6.45) is 0. The monoisotopic (exact) mass is 584 g/mol. The summed E-state index contributed by atoms with van der Waals surface area (Å²) < 4.78 is 22.9. The summed E-state index contributed by atoms with van der Waals surface area (Å²) in [6, 6.07) is 21.0. The van der Waals surface area contributed by atoms with E-state index < -0.39 is 11.8 Å². The molecule has 0 fully saturated rings. The number of para-hydroxylation sites is 1. The number of aromatic nitrogens is 2. The molecule has 2 aromatic heterocycles. The fraction of sp³-hybridized carbons (Fsp3) is 0.194. The molecule has 3 aromatic carbocycles. The number of hydrogen-bond acceptors (Lipinski definition) is 10. The number of amidine groups is 1. The molecule has 0 saturated heterocycles. The molecule has 220 valence electrons. The van der Waals surface area contributed by atoms with Crippen molar-refractivity contribution in [3.05, 3.63) is 106 Å². The van der Waals surface area contributed by atoms with Crippen LogP contribution in [0.1, 0.15) is 39.9 Å². The average molecular weight is 585 g/mol. The highest BCUT2D eigenvalue weighted by atomic mass is 16.7. The van der Waals surface area contributed by atoms with Crippen molar-refractivity contribution in [1.82, 2.24) is 14.9 Å². The van der Waals surface area contributed by atoms with Crippen molar-refractivity contribution >= 4 is 29.3 Å². The summed E-state index contributed by atoms with van der Waals surface area (Å²) in [5.74, 6) is -0.690. The van der Waals surface area contributed by atoms with E-state index in [-0.39, 0.29) is 30.2 Å². The highest BCUT2D eigenvalue weighted by Gasteiger charge is 2.21. The number of fused-ring (bicyclic) bond motifs is 1. The van der Waals surface area contributed by atoms with Crippen molar-refractivity contribution in [2.24, 2.45) is 5.16 Å². The molecule has 0 bridgehead atoms. The Balaban J connectivity index is 1.46. The highest BCUT2D eigenvalue weighted by Crippen LogP contribution is 2.29. The molecule has 0 amide bonds. The first kappa shape index (κ1) is 28.9. The van der Waals surface area contributed by atoms with Gasteiger partial charge in [-0.15, -0.1) is 0 Å². The van der Waals surface area contributed by atoms with Crippen LogP contribution < -0.4 is 15.9 Å². The van der Waals surface area contributed by atoms with Crippen molar-refractivity contribution in [1.29, 1.82) is 0 Å². The van der Waals surface area contributed by atoms with Gasteiger partial charge < -0.3 is 28.5 Å². The van der Waals surface area contributed by atoms with Gasteiger partial charge >= 0.3 is 18.3 Å². The molecule has 2 heterocycles. The van der Waals surface area contributed by atoms with Crippen LogP contribution in [0.2, 0.25) is 0 Å². The summed E-state index contributed by atoms with van der Waals surface area (Å²) in [7, 11) is 1.69. The summed E-state index contributed by atoms with van der Waals surface area (Å²) in [5.41, 5.74) is 4.86. The fourth-order valence-corrected chi connectivity index (χ4v) is 4.65. The zero-order valence-electron chi connectivity index (χ0n) is 23.7. The number of rotatable bonds is 11. The van der Waals surface area contributed by atoms with E-state index in [0.29, 0.717) is 36.0 Å². The van der Waals surface area contributed by atoms with Gasteiger partial charge in [-0.25, -0.2) is 9.59 Å². The first-order valence-electron chi connectivity index (χ1n) is 13.4. The van der Waals surface area contributed by atoms with Crippen molar-refractivity contribution in [3.8, 4) is 17.1 Å². The predicted molar refractivity (Wildman–Crippen MR) is 156 cm³/mol. The Morgan fingerprint density at radius 2 is 1.81 bits per heavy atom. The number of oxime groups is 1. The molecule has 1 N–H and O–H groups in total. The Labute approximate surface area is 245 Å². The third kappa shape index (κ3) is 6.17. The Bertz CT molecular complexity index is 1850.